The molecular weight excluding hydrogens is 321 g/mol. The minimum absolute atomic E-state index is 0.157. The molecule has 3 aromatic rings. The van der Waals surface area contributed by atoms with E-state index in [0.29, 0.717) is 17.9 Å². The number of nitrogens with zero attached hydrogens (tertiary/aromatic N) is 1. The molecular formula is C16H13BrFNO. The monoisotopic (exact) mass is 333 g/mol. The lowest BCUT2D eigenvalue weighted by Crippen LogP contribution is -1.99. The van der Waals surface area contributed by atoms with Crippen LogP contribution in [0.1, 0.15) is 21.8 Å². The lowest BCUT2D eigenvalue weighted by Gasteiger charge is -2.10. The molecule has 2 aromatic carbocycles. The zero-order chi connectivity index (χ0) is 14.1. The lowest BCUT2D eigenvalue weighted by molar-refractivity contribution is 0.522. The second-order valence-electron chi connectivity index (χ2n) is 4.77. The Hall–Kier alpha value is -1.68. The smallest absolute Gasteiger partial charge is 0.196 e. The van der Waals surface area contributed by atoms with Crippen LogP contribution in [0.2, 0.25) is 0 Å². The van der Waals surface area contributed by atoms with E-state index in [4.69, 9.17) is 4.42 Å². The Kier molecular flexibility index (Phi) is 3.57. The number of oxazole rings is 1. The second-order valence-corrected chi connectivity index (χ2v) is 5.88. The molecule has 0 saturated heterocycles. The van der Waals surface area contributed by atoms with E-state index in [-0.39, 0.29) is 10.6 Å². The number of alkyl halides is 1. The fourth-order valence-corrected chi connectivity index (χ4v) is 2.80. The molecule has 0 radical (unpaired) electrons. The molecule has 0 aliphatic rings. The molecule has 0 amide bonds. The van der Waals surface area contributed by atoms with Crippen LogP contribution in [0.25, 0.3) is 11.1 Å². The van der Waals surface area contributed by atoms with Crippen molar-refractivity contribution in [3.63, 3.8) is 0 Å². The Morgan fingerprint density at radius 1 is 1.25 bits per heavy atom. The van der Waals surface area contributed by atoms with Gasteiger partial charge in [0.15, 0.2) is 11.5 Å². The molecule has 0 fully saturated rings. The maximum Gasteiger partial charge on any atom is 0.196 e. The summed E-state index contributed by atoms with van der Waals surface area (Å²) >= 11 is 3.52. The first kappa shape index (κ1) is 13.3. The Bertz CT molecular complexity index is 720. The summed E-state index contributed by atoms with van der Waals surface area (Å²) in [5, 5.41) is 0. The zero-order valence-corrected chi connectivity index (χ0v) is 12.5. The van der Waals surface area contributed by atoms with Crippen LogP contribution < -0.4 is 0 Å². The molecule has 2 nitrogen and oxygen atoms in total. The fraction of sp³-hybridized carbons (Fsp3) is 0.188. The van der Waals surface area contributed by atoms with Gasteiger partial charge >= 0.3 is 0 Å². The summed E-state index contributed by atoms with van der Waals surface area (Å²) in [6.07, 6.45) is 0.509. The van der Waals surface area contributed by atoms with E-state index in [1.54, 1.807) is 6.07 Å². The highest BCUT2D eigenvalue weighted by Gasteiger charge is 2.16. The SMILES string of the molecule is Cc1ccc(F)c(C(Br)Cc2nc3ccccc3o2)c1. The first-order valence-electron chi connectivity index (χ1n) is 6.38. The average molecular weight is 334 g/mol. The molecule has 102 valence electrons. The molecule has 0 N–H and O–H groups in total. The number of hydrogen-bond donors (Lipinski definition) is 0. The largest absolute Gasteiger partial charge is 0.441 e. The van der Waals surface area contributed by atoms with Crippen molar-refractivity contribution >= 4 is 27.0 Å². The van der Waals surface area contributed by atoms with Crippen molar-refractivity contribution in [1.29, 1.82) is 0 Å². The Morgan fingerprint density at radius 2 is 2.05 bits per heavy atom. The third-order valence-electron chi connectivity index (χ3n) is 3.18. The van der Waals surface area contributed by atoms with E-state index in [1.807, 2.05) is 37.3 Å². The summed E-state index contributed by atoms with van der Waals surface area (Å²) in [7, 11) is 0. The molecule has 0 spiro atoms. The first-order valence-corrected chi connectivity index (χ1v) is 7.29. The highest BCUT2D eigenvalue weighted by molar-refractivity contribution is 9.09. The molecule has 1 unspecified atom stereocenters. The number of aryl methyl sites for hydroxylation is 1. The van der Waals surface area contributed by atoms with Gasteiger partial charge in [0.05, 0.1) is 4.83 Å². The zero-order valence-electron chi connectivity index (χ0n) is 10.9. The van der Waals surface area contributed by atoms with Gasteiger partial charge in [-0.1, -0.05) is 45.8 Å². The Morgan fingerprint density at radius 3 is 2.85 bits per heavy atom. The van der Waals surface area contributed by atoms with Gasteiger partial charge in [-0.25, -0.2) is 9.37 Å². The second kappa shape index (κ2) is 5.37. The number of hydrogen-bond acceptors (Lipinski definition) is 2. The predicted molar refractivity (Wildman–Crippen MR) is 80.5 cm³/mol. The van der Waals surface area contributed by atoms with Gasteiger partial charge in [-0.15, -0.1) is 0 Å². The van der Waals surface area contributed by atoms with E-state index in [2.05, 4.69) is 20.9 Å². The Balaban J connectivity index is 1.88. The quantitative estimate of drug-likeness (QED) is 0.633. The summed E-state index contributed by atoms with van der Waals surface area (Å²) < 4.78 is 19.5. The van der Waals surface area contributed by atoms with Crippen LogP contribution in [0.3, 0.4) is 0 Å². The van der Waals surface area contributed by atoms with Crippen LogP contribution in [-0.2, 0) is 6.42 Å². The highest BCUT2D eigenvalue weighted by Crippen LogP contribution is 2.30. The van der Waals surface area contributed by atoms with Crippen molar-refractivity contribution in [1.82, 2.24) is 4.98 Å². The van der Waals surface area contributed by atoms with Crippen molar-refractivity contribution in [2.24, 2.45) is 0 Å². The summed E-state index contributed by atoms with van der Waals surface area (Å²) in [4.78, 5) is 4.25. The minimum atomic E-state index is -0.214. The van der Waals surface area contributed by atoms with Gasteiger partial charge in [0.1, 0.15) is 11.3 Å². The number of fused-ring (bicyclic) bond motifs is 1. The third-order valence-corrected chi connectivity index (χ3v) is 4.00. The summed E-state index contributed by atoms with van der Waals surface area (Å²) in [6, 6.07) is 12.7. The van der Waals surface area contributed by atoms with Gasteiger partial charge in [0.2, 0.25) is 0 Å². The topological polar surface area (TPSA) is 26.0 Å². The molecule has 3 rings (SSSR count). The maximum absolute atomic E-state index is 13.8. The van der Waals surface area contributed by atoms with Crippen LogP contribution in [0, 0.1) is 12.7 Å². The van der Waals surface area contributed by atoms with Gasteiger partial charge in [-0.2, -0.15) is 0 Å². The van der Waals surface area contributed by atoms with Gasteiger partial charge in [-0.05, 0) is 25.1 Å². The van der Waals surface area contributed by atoms with E-state index < -0.39 is 0 Å². The van der Waals surface area contributed by atoms with Crippen molar-refractivity contribution in [3.05, 3.63) is 65.3 Å². The van der Waals surface area contributed by atoms with E-state index in [0.717, 1.165) is 16.7 Å². The van der Waals surface area contributed by atoms with Crippen LogP contribution in [-0.4, -0.2) is 4.98 Å². The van der Waals surface area contributed by atoms with Crippen molar-refractivity contribution < 1.29 is 8.81 Å². The molecule has 0 bridgehead atoms. The molecule has 20 heavy (non-hydrogen) atoms. The third kappa shape index (κ3) is 2.61. The van der Waals surface area contributed by atoms with Gasteiger partial charge in [-0.3, -0.25) is 0 Å². The van der Waals surface area contributed by atoms with Crippen molar-refractivity contribution in [2.75, 3.05) is 0 Å². The number of rotatable bonds is 3. The molecule has 0 saturated carbocycles. The fourth-order valence-electron chi connectivity index (χ4n) is 2.17. The van der Waals surface area contributed by atoms with Crippen LogP contribution >= 0.6 is 15.9 Å². The van der Waals surface area contributed by atoms with Crippen LogP contribution in [0.4, 0.5) is 4.39 Å². The molecule has 1 atom stereocenters. The summed E-state index contributed by atoms with van der Waals surface area (Å²) in [6.45, 7) is 1.95. The van der Waals surface area contributed by atoms with Crippen molar-refractivity contribution in [3.8, 4) is 0 Å². The van der Waals surface area contributed by atoms with Crippen LogP contribution in [0.15, 0.2) is 46.9 Å². The maximum atomic E-state index is 13.8. The van der Waals surface area contributed by atoms with Gasteiger partial charge < -0.3 is 4.42 Å². The molecule has 1 heterocycles. The van der Waals surface area contributed by atoms with Crippen LogP contribution in [0.5, 0.6) is 0 Å². The van der Waals surface area contributed by atoms with E-state index in [9.17, 15) is 4.39 Å². The number of aromatic nitrogens is 1. The van der Waals surface area contributed by atoms with E-state index >= 15 is 0 Å². The minimum Gasteiger partial charge on any atom is -0.441 e. The molecule has 4 heteroatoms. The molecule has 0 aliphatic heterocycles. The standard InChI is InChI=1S/C16H13BrFNO/c1-10-6-7-13(18)11(8-10)12(17)9-16-19-14-4-2-3-5-15(14)20-16/h2-8,12H,9H2,1H3. The lowest BCUT2D eigenvalue weighted by atomic mass is 10.1. The normalized spacial score (nSPS) is 12.8. The Labute approximate surface area is 124 Å². The van der Waals surface area contributed by atoms with Gasteiger partial charge in [0.25, 0.3) is 0 Å². The highest BCUT2D eigenvalue weighted by atomic mass is 79.9. The first-order chi connectivity index (χ1) is 9.63. The number of para-hydroxylation sites is 2. The summed E-state index contributed by atoms with van der Waals surface area (Å²) in [5.74, 6) is 0.391. The number of halogens is 2. The predicted octanol–water partition coefficient (Wildman–Crippen LogP) is 4.95. The van der Waals surface area contributed by atoms with Gasteiger partial charge in [0, 0.05) is 12.0 Å². The average Bonchev–Trinajstić information content (AvgIpc) is 2.83. The van der Waals surface area contributed by atoms with E-state index in [1.165, 1.54) is 6.07 Å². The number of benzene rings is 2. The van der Waals surface area contributed by atoms with Crippen molar-refractivity contribution in [2.45, 2.75) is 18.2 Å². The summed E-state index contributed by atoms with van der Waals surface area (Å²) in [5.41, 5.74) is 3.24. The molecule has 0 aliphatic carbocycles. The molecule has 1 aromatic heterocycles.